The molecule has 2 aliphatic carbocycles. The highest BCUT2D eigenvalue weighted by molar-refractivity contribution is 6.06. The van der Waals surface area contributed by atoms with Gasteiger partial charge in [0, 0.05) is 24.9 Å². The van der Waals surface area contributed by atoms with E-state index in [-0.39, 0.29) is 30.9 Å². The average molecular weight is 515 g/mol. The highest BCUT2D eigenvalue weighted by Crippen LogP contribution is 2.49. The molecule has 3 heterocycles. The normalized spacial score (nSPS) is 48.3. The van der Waals surface area contributed by atoms with Crippen molar-refractivity contribution in [1.82, 2.24) is 4.90 Å². The molecule has 36 heavy (non-hydrogen) atoms. The van der Waals surface area contributed by atoms with Crippen molar-refractivity contribution in [3.8, 4) is 0 Å². The van der Waals surface area contributed by atoms with Crippen molar-refractivity contribution in [2.75, 3.05) is 19.8 Å². The highest BCUT2D eigenvalue weighted by atomic mass is 16.8. The second-order valence-corrected chi connectivity index (χ2v) is 10.5. The molecule has 0 bridgehead atoms. The zero-order valence-electron chi connectivity index (χ0n) is 19.7. The quantitative estimate of drug-likeness (QED) is 0.162. The Hall–Kier alpha value is -1.71. The van der Waals surface area contributed by atoms with Crippen molar-refractivity contribution in [1.29, 1.82) is 0 Å². The number of hydrogen-bond donors (Lipinski definition) is 6. The first kappa shape index (κ1) is 25.9. The number of oxime groups is 1. The van der Waals surface area contributed by atoms with Crippen LogP contribution in [0.3, 0.4) is 0 Å². The molecule has 12 atom stereocenters. The Morgan fingerprint density at radius 1 is 0.944 bits per heavy atom. The van der Waals surface area contributed by atoms with Gasteiger partial charge >= 0.3 is 0 Å². The van der Waals surface area contributed by atoms with E-state index in [1.54, 1.807) is 0 Å². The molecule has 0 radical (unpaired) electrons. The molecule has 13 heteroatoms. The monoisotopic (exact) mass is 514 g/mol. The first-order chi connectivity index (χ1) is 17.2. The van der Waals surface area contributed by atoms with Crippen LogP contribution in [0.2, 0.25) is 0 Å². The number of ether oxygens (including phenoxy) is 2. The van der Waals surface area contributed by atoms with Crippen LogP contribution < -0.4 is 0 Å². The Morgan fingerprint density at radius 2 is 1.69 bits per heavy atom. The van der Waals surface area contributed by atoms with Crippen LogP contribution in [-0.4, -0.2) is 122 Å². The molecule has 0 spiro atoms. The van der Waals surface area contributed by atoms with E-state index in [9.17, 15) is 40.2 Å². The van der Waals surface area contributed by atoms with Crippen molar-refractivity contribution < 1.29 is 54.5 Å². The maximum atomic E-state index is 13.4. The molecule has 202 valence electrons. The third-order valence-electron chi connectivity index (χ3n) is 8.40. The van der Waals surface area contributed by atoms with Crippen molar-refractivity contribution in [2.24, 2.45) is 28.8 Å². The fourth-order valence-electron chi connectivity index (χ4n) is 6.49. The second-order valence-electron chi connectivity index (χ2n) is 10.5. The van der Waals surface area contributed by atoms with Gasteiger partial charge in [-0.05, 0) is 25.7 Å². The largest absolute Gasteiger partial charge is 0.394 e. The SMILES string of the molecule is O=C1[C@H]2[C@H]3[C@H](O)[C@H](O)C/C(=N\O[C@@H]4O[C@H](CO)[C@@H](O)[C@H](O)[C@H]4O)[C@@H]3CC[C@H]2C(=O)N1C[C@@H]1CCCO1. The van der Waals surface area contributed by atoms with E-state index in [1.807, 2.05) is 0 Å². The van der Waals surface area contributed by atoms with Gasteiger partial charge in [0.25, 0.3) is 6.29 Å². The Kier molecular flexibility index (Phi) is 7.36. The van der Waals surface area contributed by atoms with Crippen LogP contribution in [0.25, 0.3) is 0 Å². The molecule has 6 N–H and O–H groups in total. The lowest BCUT2D eigenvalue weighted by molar-refractivity contribution is -0.301. The van der Waals surface area contributed by atoms with Crippen molar-refractivity contribution in [3.05, 3.63) is 0 Å². The summed E-state index contributed by atoms with van der Waals surface area (Å²) < 4.78 is 10.9. The molecular weight excluding hydrogens is 480 g/mol. The summed E-state index contributed by atoms with van der Waals surface area (Å²) in [7, 11) is 0. The summed E-state index contributed by atoms with van der Waals surface area (Å²) in [4.78, 5) is 33.1. The third-order valence-corrected chi connectivity index (χ3v) is 8.40. The maximum absolute atomic E-state index is 13.4. The van der Waals surface area contributed by atoms with Gasteiger partial charge in [0.05, 0.1) is 49.0 Å². The Morgan fingerprint density at radius 3 is 2.39 bits per heavy atom. The number of nitrogens with zero attached hydrogens (tertiary/aromatic N) is 2. The first-order valence-corrected chi connectivity index (χ1v) is 12.6. The smallest absolute Gasteiger partial charge is 0.256 e. The fraction of sp³-hybridized carbons (Fsp3) is 0.870. The fourth-order valence-corrected chi connectivity index (χ4v) is 6.49. The molecular formula is C23H34N2O11. The lowest BCUT2D eigenvalue weighted by Crippen LogP contribution is -2.59. The molecule has 0 aromatic carbocycles. The molecule has 0 aromatic heterocycles. The number of likely N-dealkylation sites (tertiary alicyclic amines) is 1. The van der Waals surface area contributed by atoms with Gasteiger partial charge in [-0.3, -0.25) is 14.5 Å². The lowest BCUT2D eigenvalue weighted by atomic mass is 9.60. The standard InChI is InChI=1S/C23H34N2O11/c26-8-14-18(29)19(30)20(31)23(35-14)36-24-12-6-13(27)17(28)15-10(12)3-4-11-16(15)22(33)25(21(11)32)7-9-2-1-5-34-9/h9-11,13-20,23,26-31H,1-8H2/b24-12+/t9-,10-,11+,13+,14+,15-,16+,17+,18+,19-,20+,23-/m0/s1. The minimum Gasteiger partial charge on any atom is -0.394 e. The molecule has 0 aromatic rings. The minimum absolute atomic E-state index is 0.0566. The number of rotatable bonds is 5. The molecule has 5 fully saturated rings. The number of imide groups is 1. The van der Waals surface area contributed by atoms with Crippen LogP contribution in [0.15, 0.2) is 5.16 Å². The first-order valence-electron chi connectivity index (χ1n) is 12.6. The number of aliphatic hydroxyl groups excluding tert-OH is 6. The predicted octanol–water partition coefficient (Wildman–Crippen LogP) is -2.91. The summed E-state index contributed by atoms with van der Waals surface area (Å²) in [6.07, 6.45) is -7.78. The van der Waals surface area contributed by atoms with Crippen LogP contribution in [-0.2, 0) is 23.9 Å². The average Bonchev–Trinajstić information content (AvgIpc) is 3.47. The van der Waals surface area contributed by atoms with Crippen molar-refractivity contribution >= 4 is 17.5 Å². The van der Waals surface area contributed by atoms with Crippen LogP contribution in [0.4, 0.5) is 0 Å². The lowest BCUT2D eigenvalue weighted by Gasteiger charge is -2.45. The number of fused-ring (bicyclic) bond motifs is 3. The number of carbonyl (C=O) groups is 2. The molecule has 0 unspecified atom stereocenters. The van der Waals surface area contributed by atoms with E-state index in [0.717, 1.165) is 12.8 Å². The Bertz CT molecular complexity index is 878. The number of aliphatic hydroxyl groups is 6. The maximum Gasteiger partial charge on any atom is 0.256 e. The topological polar surface area (TPSA) is 199 Å². The summed E-state index contributed by atoms with van der Waals surface area (Å²) in [6.45, 7) is 0.151. The summed E-state index contributed by atoms with van der Waals surface area (Å²) in [5.41, 5.74) is 0.339. The van der Waals surface area contributed by atoms with E-state index < -0.39 is 73.2 Å². The Labute approximate surface area is 207 Å². The van der Waals surface area contributed by atoms with Gasteiger partial charge in [0.15, 0.2) is 0 Å². The van der Waals surface area contributed by atoms with Crippen molar-refractivity contribution in [3.63, 3.8) is 0 Å². The molecule has 5 aliphatic rings. The van der Waals surface area contributed by atoms with Crippen LogP contribution in [0.5, 0.6) is 0 Å². The van der Waals surface area contributed by atoms with E-state index in [1.165, 1.54) is 4.90 Å². The van der Waals surface area contributed by atoms with Gasteiger partial charge in [0.1, 0.15) is 24.4 Å². The molecule has 13 nitrogen and oxygen atoms in total. The van der Waals surface area contributed by atoms with Gasteiger partial charge in [0.2, 0.25) is 11.8 Å². The second kappa shape index (κ2) is 10.2. The highest BCUT2D eigenvalue weighted by Gasteiger charge is 2.60. The molecule has 2 saturated carbocycles. The summed E-state index contributed by atoms with van der Waals surface area (Å²) in [5, 5.41) is 65.1. The van der Waals surface area contributed by atoms with E-state index in [4.69, 9.17) is 14.3 Å². The van der Waals surface area contributed by atoms with Crippen LogP contribution >= 0.6 is 0 Å². The number of amides is 2. The zero-order valence-corrected chi connectivity index (χ0v) is 19.7. The zero-order chi connectivity index (χ0) is 25.7. The van der Waals surface area contributed by atoms with Crippen LogP contribution in [0, 0.1) is 23.7 Å². The van der Waals surface area contributed by atoms with E-state index >= 15 is 0 Å². The molecule has 2 amide bonds. The number of hydrogen-bond acceptors (Lipinski definition) is 12. The molecule has 3 saturated heterocycles. The molecule has 5 rings (SSSR count). The van der Waals surface area contributed by atoms with E-state index in [0.29, 0.717) is 25.2 Å². The predicted molar refractivity (Wildman–Crippen MR) is 118 cm³/mol. The Balaban J connectivity index is 1.35. The summed E-state index contributed by atoms with van der Waals surface area (Å²) in [5.74, 6) is -3.27. The summed E-state index contributed by atoms with van der Waals surface area (Å²) >= 11 is 0. The van der Waals surface area contributed by atoms with Gasteiger partial charge in [-0.15, -0.1) is 0 Å². The van der Waals surface area contributed by atoms with Gasteiger partial charge in [-0.2, -0.15) is 0 Å². The summed E-state index contributed by atoms with van der Waals surface area (Å²) in [6, 6.07) is 0. The van der Waals surface area contributed by atoms with Gasteiger partial charge in [-0.1, -0.05) is 5.16 Å². The third kappa shape index (κ3) is 4.35. The number of carbonyl (C=O) groups excluding carboxylic acids is 2. The van der Waals surface area contributed by atoms with Gasteiger partial charge in [-0.25, -0.2) is 0 Å². The van der Waals surface area contributed by atoms with Crippen LogP contribution in [0.1, 0.15) is 32.1 Å². The molecule has 3 aliphatic heterocycles. The van der Waals surface area contributed by atoms with Crippen molar-refractivity contribution in [2.45, 2.75) is 81.1 Å². The minimum atomic E-state index is -1.65. The van der Waals surface area contributed by atoms with Gasteiger partial charge < -0.3 is 45.0 Å². The van der Waals surface area contributed by atoms with E-state index in [2.05, 4.69) is 5.16 Å².